The lowest BCUT2D eigenvalue weighted by molar-refractivity contribution is 0.325. The van der Waals surface area contributed by atoms with Crippen LogP contribution in [0.4, 0.5) is 4.39 Å². The van der Waals surface area contributed by atoms with Gasteiger partial charge >= 0.3 is 0 Å². The van der Waals surface area contributed by atoms with E-state index in [0.29, 0.717) is 6.21 Å². The van der Waals surface area contributed by atoms with E-state index >= 15 is 0 Å². The molecule has 6 heteroatoms. The Morgan fingerprint density at radius 3 is 2.91 bits per heavy atom. The van der Waals surface area contributed by atoms with Crippen LogP contribution in [-0.4, -0.2) is 11.2 Å². The molecule has 0 unspecified atom stereocenters. The Morgan fingerprint density at radius 2 is 2.45 bits per heavy atom. The maximum absolute atomic E-state index is 12.5. The van der Waals surface area contributed by atoms with Crippen LogP contribution >= 0.6 is 0 Å². The molecule has 0 spiro atoms. The van der Waals surface area contributed by atoms with Gasteiger partial charge in [0.05, 0.1) is 6.21 Å². The van der Waals surface area contributed by atoms with Crippen molar-refractivity contribution >= 4 is 6.21 Å². The average molecular weight is 157 g/mol. The van der Waals surface area contributed by atoms with E-state index in [1.165, 1.54) is 11.2 Å². The summed E-state index contributed by atoms with van der Waals surface area (Å²) in [6.45, 7) is 0. The monoisotopic (exact) mass is 157 g/mol. The van der Waals surface area contributed by atoms with Crippen molar-refractivity contribution in [2.75, 3.05) is 0 Å². The van der Waals surface area contributed by atoms with Crippen molar-refractivity contribution < 1.29 is 4.39 Å². The fourth-order valence-corrected chi connectivity index (χ4v) is 0.585. The lowest BCUT2D eigenvalue weighted by atomic mass is 10.5. The van der Waals surface area contributed by atoms with E-state index in [4.69, 9.17) is 11.1 Å². The number of halogens is 1. The Kier molecular flexibility index (Phi) is 2.07. The molecule has 0 radical (unpaired) electrons. The molecule has 0 aromatic carbocycles. The number of nitrogens with zero attached hydrogens (tertiary/aromatic N) is 1. The van der Waals surface area contributed by atoms with E-state index in [9.17, 15) is 4.39 Å². The van der Waals surface area contributed by atoms with E-state index in [0.717, 1.165) is 0 Å². The van der Waals surface area contributed by atoms with Gasteiger partial charge in [-0.2, -0.15) is 0 Å². The van der Waals surface area contributed by atoms with Crippen LogP contribution in [0.1, 0.15) is 0 Å². The Bertz CT molecular complexity index is 221. The summed E-state index contributed by atoms with van der Waals surface area (Å²) in [4.78, 5) is 0. The average Bonchev–Trinajstić information content (AvgIpc) is 2.53. The van der Waals surface area contributed by atoms with Crippen molar-refractivity contribution in [3.63, 3.8) is 0 Å². The summed E-state index contributed by atoms with van der Waals surface area (Å²) in [5.74, 6) is -0.938. The van der Waals surface area contributed by atoms with Gasteiger partial charge in [0.25, 0.3) is 0 Å². The fourth-order valence-electron chi connectivity index (χ4n) is 0.585. The second-order valence-electron chi connectivity index (χ2n) is 1.82. The van der Waals surface area contributed by atoms with Crippen molar-refractivity contribution in [1.29, 1.82) is 5.41 Å². The van der Waals surface area contributed by atoms with Gasteiger partial charge in [0.15, 0.2) is 11.6 Å². The summed E-state index contributed by atoms with van der Waals surface area (Å²) < 4.78 is 12.5. The summed E-state index contributed by atoms with van der Waals surface area (Å²) in [5.41, 5.74) is 10.3. The third-order valence-electron chi connectivity index (χ3n) is 1.12. The molecule has 11 heavy (non-hydrogen) atoms. The summed E-state index contributed by atoms with van der Waals surface area (Å²) in [7, 11) is 0. The molecule has 5 nitrogen and oxygen atoms in total. The Labute approximate surface area is 62.8 Å². The van der Waals surface area contributed by atoms with E-state index in [1.54, 1.807) is 6.20 Å². The van der Waals surface area contributed by atoms with Crippen molar-refractivity contribution in [2.45, 2.75) is 0 Å². The van der Waals surface area contributed by atoms with Crippen molar-refractivity contribution in [2.24, 2.45) is 5.73 Å². The van der Waals surface area contributed by atoms with Gasteiger partial charge in [-0.15, -0.1) is 5.53 Å². The molecule has 5 N–H and O–H groups in total. The summed E-state index contributed by atoms with van der Waals surface area (Å²) in [5, 5.41) is 7.79. The van der Waals surface area contributed by atoms with Gasteiger partial charge in [0.2, 0.25) is 0 Å². The Morgan fingerprint density at radius 1 is 1.73 bits per heavy atom. The number of hydrazine groups is 2. The topological polar surface area (TPSA) is 77.2 Å². The summed E-state index contributed by atoms with van der Waals surface area (Å²) >= 11 is 0. The first-order valence-electron chi connectivity index (χ1n) is 2.88. The maximum Gasteiger partial charge on any atom is 0.182 e. The zero-order valence-electron chi connectivity index (χ0n) is 5.63. The zero-order chi connectivity index (χ0) is 8.27. The number of nitrogens with one attached hydrogen (secondary N) is 3. The molecule has 0 saturated carbocycles. The van der Waals surface area contributed by atoms with Crippen molar-refractivity contribution in [3.8, 4) is 0 Å². The fraction of sp³-hybridized carbons (Fsp3) is 0. The van der Waals surface area contributed by atoms with E-state index in [2.05, 4.69) is 11.0 Å². The molecule has 60 valence electrons. The number of hydrogen-bond acceptors (Lipinski definition) is 5. The lowest BCUT2D eigenvalue weighted by Gasteiger charge is -2.14. The van der Waals surface area contributed by atoms with Gasteiger partial charge in [0, 0.05) is 12.4 Å². The standard InChI is InChI=1S/C5H8FN5/c6-4(3-7)5(8)11-2-1-9-10-11/h1-3,7,9-10H,8H2/b5-4-,7-3?. The SMILES string of the molecule is N=C/C(F)=C(\N)N1C=CNN1. The second kappa shape index (κ2) is 3.02. The molecule has 1 heterocycles. The minimum atomic E-state index is -0.786. The van der Waals surface area contributed by atoms with Gasteiger partial charge in [-0.25, -0.2) is 9.40 Å². The highest BCUT2D eigenvalue weighted by atomic mass is 19.1. The highest BCUT2D eigenvalue weighted by Crippen LogP contribution is 2.03. The molecule has 0 aliphatic carbocycles. The number of rotatable bonds is 2. The van der Waals surface area contributed by atoms with Crippen LogP contribution in [0.3, 0.4) is 0 Å². The van der Waals surface area contributed by atoms with Gasteiger partial charge in [-0.3, -0.25) is 0 Å². The summed E-state index contributed by atoms with van der Waals surface area (Å²) in [6.07, 6.45) is 3.59. The molecule has 0 aromatic rings. The van der Waals surface area contributed by atoms with Gasteiger partial charge in [-0.1, -0.05) is 0 Å². The summed E-state index contributed by atoms with van der Waals surface area (Å²) in [6, 6.07) is 0. The molecule has 0 aromatic heterocycles. The van der Waals surface area contributed by atoms with Crippen LogP contribution < -0.4 is 16.7 Å². The highest BCUT2D eigenvalue weighted by molar-refractivity contribution is 5.73. The first-order valence-corrected chi connectivity index (χ1v) is 2.88. The third-order valence-corrected chi connectivity index (χ3v) is 1.12. The smallest absolute Gasteiger partial charge is 0.182 e. The molecule has 0 amide bonds. The first kappa shape index (κ1) is 7.55. The van der Waals surface area contributed by atoms with Gasteiger partial charge in [0.1, 0.15) is 0 Å². The molecule has 1 aliphatic heterocycles. The predicted octanol–water partition coefficient (Wildman–Crippen LogP) is -0.471. The predicted molar refractivity (Wildman–Crippen MR) is 38.4 cm³/mol. The van der Waals surface area contributed by atoms with E-state index < -0.39 is 5.83 Å². The molecule has 1 rings (SSSR count). The van der Waals surface area contributed by atoms with E-state index in [-0.39, 0.29) is 5.82 Å². The highest BCUT2D eigenvalue weighted by Gasteiger charge is 2.09. The number of allylic oxidation sites excluding steroid dienone is 1. The Hall–Kier alpha value is -1.56. The molecule has 0 bridgehead atoms. The largest absolute Gasteiger partial charge is 0.381 e. The maximum atomic E-state index is 12.5. The van der Waals surface area contributed by atoms with Gasteiger partial charge < -0.3 is 16.6 Å². The van der Waals surface area contributed by atoms with Crippen LogP contribution in [0, 0.1) is 5.41 Å². The van der Waals surface area contributed by atoms with Crippen LogP contribution in [0.15, 0.2) is 24.0 Å². The third kappa shape index (κ3) is 1.47. The minimum Gasteiger partial charge on any atom is -0.381 e. The first-order chi connectivity index (χ1) is 5.25. The van der Waals surface area contributed by atoms with Gasteiger partial charge in [-0.05, 0) is 0 Å². The molecular formula is C5H8FN5. The zero-order valence-corrected chi connectivity index (χ0v) is 5.63. The molecule has 0 atom stereocenters. The normalized spacial score (nSPS) is 17.7. The second-order valence-corrected chi connectivity index (χ2v) is 1.82. The number of nitrogens with two attached hydrogens (primary N) is 1. The molecule has 0 fully saturated rings. The lowest BCUT2D eigenvalue weighted by Crippen LogP contribution is -2.38. The molecule has 0 saturated heterocycles. The van der Waals surface area contributed by atoms with Crippen LogP contribution in [0.5, 0.6) is 0 Å². The molecule has 1 aliphatic rings. The van der Waals surface area contributed by atoms with Crippen LogP contribution in [0.2, 0.25) is 0 Å². The van der Waals surface area contributed by atoms with Crippen molar-refractivity contribution in [3.05, 3.63) is 24.0 Å². The van der Waals surface area contributed by atoms with Crippen LogP contribution in [-0.2, 0) is 0 Å². The van der Waals surface area contributed by atoms with E-state index in [1.807, 2.05) is 0 Å². The molecular weight excluding hydrogens is 149 g/mol. The minimum absolute atomic E-state index is 0.152. The quantitative estimate of drug-likeness (QED) is 0.409. The van der Waals surface area contributed by atoms with Crippen molar-refractivity contribution in [1.82, 2.24) is 16.0 Å². The van der Waals surface area contributed by atoms with Crippen LogP contribution in [0.25, 0.3) is 0 Å². The number of hydrogen-bond donors (Lipinski definition) is 4. The Balaban J connectivity index is 2.73.